The van der Waals surface area contributed by atoms with Crippen molar-refractivity contribution in [2.45, 2.75) is 20.8 Å². The van der Waals surface area contributed by atoms with Crippen molar-refractivity contribution < 1.29 is 42.0 Å². The summed E-state index contributed by atoms with van der Waals surface area (Å²) in [7, 11) is 0. The van der Waals surface area contributed by atoms with E-state index in [0.29, 0.717) is 28.4 Å². The minimum Gasteiger partial charge on any atom is -0.507 e. The third-order valence-corrected chi connectivity index (χ3v) is 3.65. The zero-order chi connectivity index (χ0) is 22.4. The molecule has 0 fully saturated rings. The van der Waals surface area contributed by atoms with Gasteiger partial charge in [-0.1, -0.05) is 34.6 Å². The predicted octanol–water partition coefficient (Wildman–Crippen LogP) is 4.15. The Bertz CT molecular complexity index is 928. The van der Waals surface area contributed by atoms with Crippen LogP contribution in [0, 0.1) is 0 Å². The third kappa shape index (κ3) is 10.3. The van der Waals surface area contributed by atoms with Crippen LogP contribution in [0.1, 0.15) is 42.5 Å². The number of phenolic OH excluding ortho intramolecular Hbond substituents is 1. The number of carbonyl (C=O) groups is 1. The molecule has 0 spiro atoms. The van der Waals surface area contributed by atoms with Crippen LogP contribution in [0.5, 0.6) is 5.75 Å². The average molecular weight is 456 g/mol. The molecule has 0 saturated heterocycles. The number of para-hydroxylation sites is 1. The van der Waals surface area contributed by atoms with Crippen LogP contribution in [0.2, 0.25) is 0 Å². The van der Waals surface area contributed by atoms with E-state index in [0.717, 1.165) is 0 Å². The van der Waals surface area contributed by atoms with E-state index in [4.69, 9.17) is 15.5 Å². The Kier molecular flexibility index (Phi) is 13.8. The van der Waals surface area contributed by atoms with Crippen LogP contribution in [0.4, 0.5) is 0 Å². The number of Topliss-reactive ketones (excluding diaryl/α,β-unsaturated/α-hetero) is 1. The number of benzene rings is 1. The van der Waals surface area contributed by atoms with E-state index >= 15 is 0 Å². The summed E-state index contributed by atoms with van der Waals surface area (Å²) in [5.41, 5.74) is 2.83. The number of phenols is 1. The number of hydrogen-bond acceptors (Lipinski definition) is 8. The number of hydrogen-bond donors (Lipinski definition) is 3. The van der Waals surface area contributed by atoms with Crippen molar-refractivity contribution in [1.82, 2.24) is 9.97 Å². The monoisotopic (exact) mass is 456 g/mol. The molecule has 2 aromatic heterocycles. The van der Waals surface area contributed by atoms with Crippen LogP contribution < -0.4 is 0 Å². The van der Waals surface area contributed by atoms with Crippen molar-refractivity contribution in [1.29, 1.82) is 0 Å². The van der Waals surface area contributed by atoms with E-state index in [2.05, 4.69) is 20.3 Å². The Hall–Kier alpha value is -3.36. The maximum Gasteiger partial charge on any atom is 4.00 e. The minimum absolute atomic E-state index is 0. The van der Waals surface area contributed by atoms with E-state index in [1.165, 1.54) is 13.0 Å². The van der Waals surface area contributed by atoms with Crippen molar-refractivity contribution in [3.8, 4) is 5.75 Å². The van der Waals surface area contributed by atoms with Gasteiger partial charge in [0.25, 0.3) is 0 Å². The average Bonchev–Trinajstić information content (AvgIpc) is 2.80. The molecule has 2 heterocycles. The molecule has 156 valence electrons. The Morgan fingerprint density at radius 2 is 1.16 bits per heavy atom. The first kappa shape index (κ1) is 27.6. The standard InChI is InChI=1S/C8H8O2.2C7H8N2O.Ti/c1-6(9)7-4-2-3-5-8(7)10;2*1-6(9-10)7-4-2-3-5-8-7;/h3*2-5,10H,1H3;/q;;;+4/b;2*9-6+;. The SMILES string of the molecule is C/C(=N\O)c1ccccn1.C/C(=N\O)c1ccccn1.CC(=O)c1ccccc1O.[Ti+4]. The molecule has 31 heavy (non-hydrogen) atoms. The minimum atomic E-state index is -0.113. The van der Waals surface area contributed by atoms with Crippen LogP contribution in [0.25, 0.3) is 0 Å². The molecule has 0 aliphatic carbocycles. The Labute approximate surface area is 195 Å². The molecule has 0 atom stereocenters. The van der Waals surface area contributed by atoms with Gasteiger partial charge in [0.15, 0.2) is 5.78 Å². The molecular formula is C22H24N4O4Ti+4. The molecule has 0 amide bonds. The first-order chi connectivity index (χ1) is 14.4. The molecule has 0 aliphatic heterocycles. The number of oxime groups is 2. The van der Waals surface area contributed by atoms with E-state index < -0.39 is 0 Å². The summed E-state index contributed by atoms with van der Waals surface area (Å²) in [5, 5.41) is 31.8. The number of ketones is 1. The summed E-state index contributed by atoms with van der Waals surface area (Å²) in [6.45, 7) is 4.82. The fourth-order valence-electron chi connectivity index (χ4n) is 2.03. The molecule has 0 radical (unpaired) electrons. The largest absolute Gasteiger partial charge is 4.00 e. The smallest absolute Gasteiger partial charge is 0.507 e. The van der Waals surface area contributed by atoms with Gasteiger partial charge in [-0.2, -0.15) is 0 Å². The van der Waals surface area contributed by atoms with Crippen LogP contribution in [0.15, 0.2) is 83.4 Å². The van der Waals surface area contributed by atoms with E-state index in [1.807, 2.05) is 24.3 Å². The van der Waals surface area contributed by atoms with Crippen molar-refractivity contribution in [2.75, 3.05) is 0 Å². The van der Waals surface area contributed by atoms with E-state index in [9.17, 15) is 4.79 Å². The van der Waals surface area contributed by atoms with Gasteiger partial charge in [-0.15, -0.1) is 0 Å². The van der Waals surface area contributed by atoms with Gasteiger partial charge < -0.3 is 15.5 Å². The summed E-state index contributed by atoms with van der Waals surface area (Å²) in [5.74, 6) is -0.0619. The number of aromatic nitrogens is 2. The van der Waals surface area contributed by atoms with Crippen molar-refractivity contribution >= 4 is 17.2 Å². The quantitative estimate of drug-likeness (QED) is 0.179. The molecular weight excluding hydrogens is 432 g/mol. The normalized spacial score (nSPS) is 10.4. The molecule has 9 heteroatoms. The number of carbonyl (C=O) groups excluding carboxylic acids is 1. The molecule has 3 N–H and O–H groups in total. The summed E-state index contributed by atoms with van der Waals surface area (Å²) in [4.78, 5) is 18.6. The molecule has 8 nitrogen and oxygen atoms in total. The molecule has 3 rings (SSSR count). The fraction of sp³-hybridized carbons (Fsp3) is 0.136. The van der Waals surface area contributed by atoms with E-state index in [-0.39, 0.29) is 33.3 Å². The van der Waals surface area contributed by atoms with Crippen molar-refractivity contribution in [2.24, 2.45) is 10.3 Å². The summed E-state index contributed by atoms with van der Waals surface area (Å²) < 4.78 is 0. The second-order valence-corrected chi connectivity index (χ2v) is 5.87. The predicted molar refractivity (Wildman–Crippen MR) is 115 cm³/mol. The van der Waals surface area contributed by atoms with Crippen LogP contribution in [0.3, 0.4) is 0 Å². The Morgan fingerprint density at radius 3 is 1.45 bits per heavy atom. The summed E-state index contributed by atoms with van der Waals surface area (Å²) in [6, 6.07) is 17.4. The zero-order valence-electron chi connectivity index (χ0n) is 17.5. The van der Waals surface area contributed by atoms with Gasteiger partial charge in [-0.25, -0.2) is 0 Å². The molecule has 0 bridgehead atoms. The number of rotatable bonds is 3. The maximum atomic E-state index is 10.7. The van der Waals surface area contributed by atoms with Gasteiger partial charge in [-0.05, 0) is 57.2 Å². The zero-order valence-corrected chi connectivity index (χ0v) is 19.0. The Morgan fingerprint density at radius 1 is 0.742 bits per heavy atom. The van der Waals surface area contributed by atoms with Crippen LogP contribution >= 0.6 is 0 Å². The second-order valence-electron chi connectivity index (χ2n) is 5.87. The first-order valence-electron chi connectivity index (χ1n) is 8.89. The number of pyridine rings is 2. The van der Waals surface area contributed by atoms with Gasteiger partial charge >= 0.3 is 21.7 Å². The Balaban J connectivity index is 0.000000429. The number of nitrogens with zero attached hydrogens (tertiary/aromatic N) is 4. The molecule has 3 aromatic rings. The van der Waals surface area contributed by atoms with E-state index in [1.54, 1.807) is 56.6 Å². The summed E-state index contributed by atoms with van der Waals surface area (Å²) in [6.07, 6.45) is 3.31. The molecule has 1 aromatic carbocycles. The van der Waals surface area contributed by atoms with Gasteiger partial charge in [0.1, 0.15) is 17.2 Å². The van der Waals surface area contributed by atoms with Gasteiger partial charge in [0.05, 0.1) is 17.0 Å². The van der Waals surface area contributed by atoms with Crippen molar-refractivity contribution in [3.63, 3.8) is 0 Å². The fourth-order valence-corrected chi connectivity index (χ4v) is 2.03. The van der Waals surface area contributed by atoms with Crippen LogP contribution in [-0.2, 0) is 21.7 Å². The molecule has 0 saturated carbocycles. The maximum absolute atomic E-state index is 10.7. The molecule has 0 unspecified atom stereocenters. The van der Waals surface area contributed by atoms with Gasteiger partial charge in [0.2, 0.25) is 0 Å². The third-order valence-electron chi connectivity index (χ3n) is 3.65. The topological polar surface area (TPSA) is 128 Å². The number of aromatic hydroxyl groups is 1. The summed E-state index contributed by atoms with van der Waals surface area (Å²) >= 11 is 0. The molecule has 0 aliphatic rings. The second kappa shape index (κ2) is 15.5. The first-order valence-corrected chi connectivity index (χ1v) is 8.89. The van der Waals surface area contributed by atoms with Crippen molar-refractivity contribution in [3.05, 3.63) is 90.0 Å². The van der Waals surface area contributed by atoms with Gasteiger partial charge in [0, 0.05) is 12.4 Å². The van der Waals surface area contributed by atoms with Gasteiger partial charge in [-0.3, -0.25) is 14.8 Å². The van der Waals surface area contributed by atoms with Crippen LogP contribution in [-0.4, -0.2) is 42.7 Å².